The van der Waals surface area contributed by atoms with E-state index in [0.717, 1.165) is 0 Å². The van der Waals surface area contributed by atoms with Crippen molar-refractivity contribution in [2.45, 2.75) is 24.8 Å². The Bertz CT molecular complexity index is 1340. The Morgan fingerprint density at radius 2 is 1.87 bits per heavy atom. The van der Waals surface area contributed by atoms with Crippen LogP contribution in [0.5, 0.6) is 0 Å². The fourth-order valence-electron chi connectivity index (χ4n) is 3.45. The lowest BCUT2D eigenvalue weighted by Gasteiger charge is -2.06. The van der Waals surface area contributed by atoms with Crippen LogP contribution in [0.25, 0.3) is 10.9 Å². The Labute approximate surface area is 172 Å². The average molecular weight is 426 g/mol. The Morgan fingerprint density at radius 3 is 2.60 bits per heavy atom. The van der Waals surface area contributed by atoms with Crippen molar-refractivity contribution in [1.29, 1.82) is 0 Å². The molecule has 8 heteroatoms. The molecule has 4 aromatic rings. The van der Waals surface area contributed by atoms with Crippen LogP contribution in [0.4, 0.5) is 4.39 Å². The van der Waals surface area contributed by atoms with E-state index in [1.54, 1.807) is 60.0 Å². The van der Waals surface area contributed by atoms with Crippen molar-refractivity contribution in [3.8, 4) is 0 Å². The number of carbonyl (C=O) groups excluding carboxylic acids is 1. The van der Waals surface area contributed by atoms with Crippen molar-refractivity contribution in [2.24, 2.45) is 0 Å². The predicted molar refractivity (Wildman–Crippen MR) is 109 cm³/mol. The number of nitrogens with zero attached hydrogens (tertiary/aromatic N) is 2. The number of sulfone groups is 1. The zero-order valence-electron chi connectivity index (χ0n) is 16.2. The highest BCUT2D eigenvalue weighted by molar-refractivity contribution is 7.92. The van der Waals surface area contributed by atoms with Gasteiger partial charge in [0, 0.05) is 28.7 Å². The second kappa shape index (κ2) is 7.87. The molecule has 0 N–H and O–H groups in total. The third-order valence-electron chi connectivity index (χ3n) is 4.79. The molecule has 0 saturated heterocycles. The zero-order valence-corrected chi connectivity index (χ0v) is 17.0. The number of fused-ring (bicyclic) bond motifs is 1. The highest BCUT2D eigenvalue weighted by Gasteiger charge is 2.25. The second-order valence-corrected chi connectivity index (χ2v) is 9.09. The molecule has 0 unspecified atom stereocenters. The fraction of sp³-hybridized carbons (Fsp3) is 0.182. The molecule has 0 atom stereocenters. The molecule has 2 aromatic carbocycles. The predicted octanol–water partition coefficient (Wildman–Crippen LogP) is 3.71. The van der Waals surface area contributed by atoms with Gasteiger partial charge in [0.2, 0.25) is 0 Å². The summed E-state index contributed by atoms with van der Waals surface area (Å²) in [5, 5.41) is 4.24. The summed E-state index contributed by atoms with van der Waals surface area (Å²) >= 11 is 0. The molecular formula is C22H19FN2O4S. The first-order valence-corrected chi connectivity index (χ1v) is 11.0. The molecule has 0 aliphatic heterocycles. The van der Waals surface area contributed by atoms with Crippen LogP contribution in [0, 0.1) is 12.7 Å². The van der Waals surface area contributed by atoms with Crippen LogP contribution in [0.2, 0.25) is 0 Å². The van der Waals surface area contributed by atoms with E-state index >= 15 is 0 Å². The molecule has 154 valence electrons. The van der Waals surface area contributed by atoms with E-state index in [1.807, 2.05) is 0 Å². The molecule has 6 nitrogen and oxygen atoms in total. The van der Waals surface area contributed by atoms with Gasteiger partial charge in [0.05, 0.1) is 23.6 Å². The highest BCUT2D eigenvalue weighted by Crippen LogP contribution is 2.27. The Balaban J connectivity index is 1.66. The largest absolute Gasteiger partial charge is 0.361 e. The number of aromatic nitrogens is 2. The molecule has 0 saturated carbocycles. The maximum Gasteiger partial charge on any atom is 0.187 e. The zero-order chi connectivity index (χ0) is 21.3. The third-order valence-corrected chi connectivity index (χ3v) is 6.49. The van der Waals surface area contributed by atoms with Gasteiger partial charge in [-0.05, 0) is 19.1 Å². The van der Waals surface area contributed by atoms with Gasteiger partial charge in [0.15, 0.2) is 15.6 Å². The van der Waals surface area contributed by atoms with Crippen LogP contribution in [0.15, 0.2) is 70.2 Å². The second-order valence-electron chi connectivity index (χ2n) is 7.13. The van der Waals surface area contributed by atoms with Gasteiger partial charge in [-0.1, -0.05) is 41.6 Å². The van der Waals surface area contributed by atoms with Crippen molar-refractivity contribution in [3.05, 3.63) is 83.6 Å². The summed E-state index contributed by atoms with van der Waals surface area (Å²) in [6.45, 7) is 1.87. The van der Waals surface area contributed by atoms with Crippen molar-refractivity contribution < 1.29 is 22.1 Å². The first-order valence-electron chi connectivity index (χ1n) is 9.31. The number of carbonyl (C=O) groups is 1. The van der Waals surface area contributed by atoms with Crippen molar-refractivity contribution >= 4 is 26.5 Å². The van der Waals surface area contributed by atoms with Crippen LogP contribution in [0.3, 0.4) is 0 Å². The monoisotopic (exact) mass is 426 g/mol. The van der Waals surface area contributed by atoms with E-state index in [4.69, 9.17) is 4.52 Å². The Kier molecular flexibility index (Phi) is 5.26. The van der Waals surface area contributed by atoms with Gasteiger partial charge in [-0.15, -0.1) is 0 Å². The number of halogens is 1. The van der Waals surface area contributed by atoms with Gasteiger partial charge >= 0.3 is 0 Å². The minimum atomic E-state index is -3.90. The van der Waals surface area contributed by atoms with Crippen LogP contribution >= 0.6 is 0 Å². The average Bonchev–Trinajstić information content (AvgIpc) is 3.27. The molecule has 0 fully saturated rings. The number of benzene rings is 2. The molecule has 0 spiro atoms. The summed E-state index contributed by atoms with van der Waals surface area (Å²) < 4.78 is 46.8. The first-order chi connectivity index (χ1) is 14.3. The normalized spacial score (nSPS) is 11.8. The SMILES string of the molecule is Cc1cc(CC(=O)CS(=O)(=O)c2cn(Cc3ccccc3F)c3ccccc23)no1. The molecule has 0 bridgehead atoms. The van der Waals surface area contributed by atoms with Gasteiger partial charge in [-0.3, -0.25) is 4.79 Å². The summed E-state index contributed by atoms with van der Waals surface area (Å²) in [7, 11) is -3.90. The molecule has 2 aromatic heterocycles. The summed E-state index contributed by atoms with van der Waals surface area (Å²) in [6.07, 6.45) is 1.35. The van der Waals surface area contributed by atoms with Gasteiger partial charge in [-0.2, -0.15) is 0 Å². The van der Waals surface area contributed by atoms with E-state index in [-0.39, 0.29) is 23.7 Å². The molecule has 4 rings (SSSR count). The fourth-order valence-corrected chi connectivity index (χ4v) is 4.92. The molecule has 0 aliphatic carbocycles. The molecular weight excluding hydrogens is 407 g/mol. The Morgan fingerprint density at radius 1 is 1.13 bits per heavy atom. The van der Waals surface area contributed by atoms with Gasteiger partial charge < -0.3 is 9.09 Å². The molecule has 0 radical (unpaired) electrons. The minimum absolute atomic E-state index is 0.0547. The summed E-state index contributed by atoms with van der Waals surface area (Å²) in [4.78, 5) is 12.4. The number of aryl methyl sites for hydroxylation is 1. The summed E-state index contributed by atoms with van der Waals surface area (Å²) in [6, 6.07) is 14.9. The molecule has 30 heavy (non-hydrogen) atoms. The van der Waals surface area contributed by atoms with Crippen molar-refractivity contribution in [2.75, 3.05) is 5.75 Å². The number of Topliss-reactive ketones (excluding diaryl/α,β-unsaturated/α-hetero) is 1. The molecule has 2 heterocycles. The van der Waals surface area contributed by atoms with Crippen LogP contribution in [-0.2, 0) is 27.6 Å². The molecule has 0 amide bonds. The standard InChI is InChI=1S/C22H19FN2O4S/c1-15-10-17(24-29-15)11-18(26)14-30(27,28)22-13-25(21-9-5-3-7-19(21)22)12-16-6-2-4-8-20(16)23/h2-10,13H,11-12,14H2,1H3. The minimum Gasteiger partial charge on any atom is -0.361 e. The number of rotatable bonds is 7. The van der Waals surface area contributed by atoms with Crippen molar-refractivity contribution in [3.63, 3.8) is 0 Å². The van der Waals surface area contributed by atoms with Crippen LogP contribution in [0.1, 0.15) is 17.0 Å². The maximum absolute atomic E-state index is 14.1. The van der Waals surface area contributed by atoms with Crippen molar-refractivity contribution in [1.82, 2.24) is 9.72 Å². The molecule has 0 aliphatic rings. The number of para-hydroxylation sites is 1. The van der Waals surface area contributed by atoms with Crippen LogP contribution in [-0.4, -0.2) is 29.7 Å². The van der Waals surface area contributed by atoms with Crippen LogP contribution < -0.4 is 0 Å². The summed E-state index contributed by atoms with van der Waals surface area (Å²) in [5.74, 6) is -0.934. The summed E-state index contributed by atoms with van der Waals surface area (Å²) in [5.41, 5.74) is 1.49. The number of hydrogen-bond donors (Lipinski definition) is 0. The lowest BCUT2D eigenvalue weighted by Crippen LogP contribution is -2.18. The quantitative estimate of drug-likeness (QED) is 0.450. The van der Waals surface area contributed by atoms with E-state index < -0.39 is 21.4 Å². The topological polar surface area (TPSA) is 82.2 Å². The van der Waals surface area contributed by atoms with E-state index in [9.17, 15) is 17.6 Å². The number of hydrogen-bond acceptors (Lipinski definition) is 5. The van der Waals surface area contributed by atoms with E-state index in [2.05, 4.69) is 5.16 Å². The van der Waals surface area contributed by atoms with E-state index in [1.165, 1.54) is 12.3 Å². The first kappa shape index (κ1) is 20.0. The van der Waals surface area contributed by atoms with Gasteiger partial charge in [0.25, 0.3) is 0 Å². The smallest absolute Gasteiger partial charge is 0.187 e. The third kappa shape index (κ3) is 4.04. The maximum atomic E-state index is 14.1. The lowest BCUT2D eigenvalue weighted by atomic mass is 10.2. The van der Waals surface area contributed by atoms with E-state index in [0.29, 0.717) is 27.9 Å². The highest BCUT2D eigenvalue weighted by atomic mass is 32.2. The van der Waals surface area contributed by atoms with Gasteiger partial charge in [0.1, 0.15) is 17.3 Å². The number of ketones is 1. The lowest BCUT2D eigenvalue weighted by molar-refractivity contribution is -0.116. The van der Waals surface area contributed by atoms with Gasteiger partial charge in [-0.25, -0.2) is 12.8 Å². The Hall–Kier alpha value is -3.26.